The minimum Gasteiger partial charge on any atom is -0.462 e. The zero-order chi connectivity index (χ0) is 30.0. The Morgan fingerprint density at radius 2 is 1.71 bits per heavy atom. The predicted octanol–water partition coefficient (Wildman–Crippen LogP) is 6.14. The van der Waals surface area contributed by atoms with Crippen molar-refractivity contribution in [2.24, 2.45) is 13.0 Å². The first-order chi connectivity index (χ1) is 20.2. The first-order valence-corrected chi connectivity index (χ1v) is 15.1. The number of fused-ring (bicyclic) bond motifs is 2. The standard InChI is InChI=1S/C33H34N2O6S/c1-5-24(29(36)34-30-27(32(38)40-6-2)23-17-16-19(3)18-25(23)42-30)41-33(39)28-26(20-12-8-7-9-13-20)21-14-10-11-15-22(21)31(37)35(28)4/h7-15,19,24H,5-6,16-18H2,1-4H3,(H,34,36). The molecule has 9 heteroatoms. The lowest BCUT2D eigenvalue weighted by atomic mass is 9.88. The number of pyridine rings is 1. The van der Waals surface area contributed by atoms with Gasteiger partial charge in [0.1, 0.15) is 10.7 Å². The van der Waals surface area contributed by atoms with Crippen LogP contribution in [-0.4, -0.2) is 35.1 Å². The summed E-state index contributed by atoms with van der Waals surface area (Å²) < 4.78 is 12.4. The number of nitrogens with zero attached hydrogens (tertiary/aromatic N) is 1. The maximum Gasteiger partial charge on any atom is 0.356 e. The summed E-state index contributed by atoms with van der Waals surface area (Å²) in [6, 6.07) is 16.4. The zero-order valence-corrected chi connectivity index (χ0v) is 25.0. The number of carbonyl (C=O) groups excluding carboxylic acids is 3. The molecule has 218 valence electrons. The van der Waals surface area contributed by atoms with Crippen LogP contribution in [0.3, 0.4) is 0 Å². The van der Waals surface area contributed by atoms with E-state index in [0.29, 0.717) is 32.8 Å². The van der Waals surface area contributed by atoms with Gasteiger partial charge in [-0.05, 0) is 61.1 Å². The van der Waals surface area contributed by atoms with E-state index < -0.39 is 23.9 Å². The highest BCUT2D eigenvalue weighted by Gasteiger charge is 2.32. The van der Waals surface area contributed by atoms with Crippen molar-refractivity contribution in [2.75, 3.05) is 11.9 Å². The lowest BCUT2D eigenvalue weighted by Gasteiger charge is -2.20. The molecule has 8 nitrogen and oxygen atoms in total. The van der Waals surface area contributed by atoms with Gasteiger partial charge >= 0.3 is 11.9 Å². The summed E-state index contributed by atoms with van der Waals surface area (Å²) in [5.41, 5.74) is 2.33. The Balaban J connectivity index is 1.49. The molecule has 0 radical (unpaired) electrons. The second kappa shape index (κ2) is 12.3. The van der Waals surface area contributed by atoms with Crippen molar-refractivity contribution >= 4 is 45.0 Å². The van der Waals surface area contributed by atoms with Gasteiger partial charge < -0.3 is 19.4 Å². The molecular weight excluding hydrogens is 552 g/mol. The minimum absolute atomic E-state index is 0.0592. The Hall–Kier alpha value is -4.24. The van der Waals surface area contributed by atoms with Gasteiger partial charge in [-0.25, -0.2) is 9.59 Å². The summed E-state index contributed by atoms with van der Waals surface area (Å²) in [7, 11) is 1.53. The number of esters is 2. The Labute approximate surface area is 248 Å². The first kappa shape index (κ1) is 29.3. The van der Waals surface area contributed by atoms with E-state index in [1.165, 1.54) is 23.0 Å². The van der Waals surface area contributed by atoms with Crippen molar-refractivity contribution in [1.82, 2.24) is 4.57 Å². The molecule has 5 rings (SSSR count). The van der Waals surface area contributed by atoms with Crippen molar-refractivity contribution in [3.63, 3.8) is 0 Å². The Kier molecular flexibility index (Phi) is 8.59. The van der Waals surface area contributed by atoms with Crippen LogP contribution in [0.25, 0.3) is 21.9 Å². The molecule has 0 fully saturated rings. The van der Waals surface area contributed by atoms with Crippen LogP contribution >= 0.6 is 11.3 Å². The van der Waals surface area contributed by atoms with Crippen molar-refractivity contribution in [3.8, 4) is 11.1 Å². The summed E-state index contributed by atoms with van der Waals surface area (Å²) in [4.78, 5) is 54.6. The van der Waals surface area contributed by atoms with E-state index in [-0.39, 0.29) is 24.3 Å². The monoisotopic (exact) mass is 586 g/mol. The smallest absolute Gasteiger partial charge is 0.356 e. The van der Waals surface area contributed by atoms with E-state index in [1.54, 1.807) is 32.0 Å². The Morgan fingerprint density at radius 1 is 1.02 bits per heavy atom. The molecule has 4 aromatic rings. The number of carbonyl (C=O) groups is 3. The number of nitrogens with one attached hydrogen (secondary N) is 1. The summed E-state index contributed by atoms with van der Waals surface area (Å²) in [5, 5.41) is 4.37. The van der Waals surface area contributed by atoms with Crippen molar-refractivity contribution in [1.29, 1.82) is 0 Å². The largest absolute Gasteiger partial charge is 0.462 e. The number of thiophene rings is 1. The van der Waals surface area contributed by atoms with Gasteiger partial charge in [-0.3, -0.25) is 9.59 Å². The minimum atomic E-state index is -1.16. The van der Waals surface area contributed by atoms with Crippen LogP contribution in [0, 0.1) is 5.92 Å². The van der Waals surface area contributed by atoms with E-state index >= 15 is 0 Å². The molecule has 0 saturated heterocycles. The predicted molar refractivity (Wildman–Crippen MR) is 164 cm³/mol. The lowest BCUT2D eigenvalue weighted by Crippen LogP contribution is -2.34. The molecule has 1 N–H and O–H groups in total. The summed E-state index contributed by atoms with van der Waals surface area (Å²) in [6.07, 6.45) is 1.55. The number of amides is 1. The van der Waals surface area contributed by atoms with E-state index in [9.17, 15) is 19.2 Å². The Morgan fingerprint density at radius 3 is 2.40 bits per heavy atom. The number of anilines is 1. The third-order valence-electron chi connectivity index (χ3n) is 7.70. The fraction of sp³-hybridized carbons (Fsp3) is 0.333. The number of ether oxygens (including phenoxy) is 2. The van der Waals surface area contributed by atoms with Crippen LogP contribution in [-0.2, 0) is 34.2 Å². The van der Waals surface area contributed by atoms with Gasteiger partial charge in [0.15, 0.2) is 6.10 Å². The van der Waals surface area contributed by atoms with E-state index in [2.05, 4.69) is 12.2 Å². The number of hydrogen-bond donors (Lipinski definition) is 1. The van der Waals surface area contributed by atoms with Crippen LogP contribution in [0.2, 0.25) is 0 Å². The summed E-state index contributed by atoms with van der Waals surface area (Å²) >= 11 is 1.38. The third-order valence-corrected chi connectivity index (χ3v) is 8.87. The van der Waals surface area contributed by atoms with Crippen molar-refractivity contribution in [2.45, 2.75) is 52.6 Å². The molecular formula is C33H34N2O6S. The average Bonchev–Trinajstić information content (AvgIpc) is 3.34. The molecule has 2 aromatic heterocycles. The van der Waals surface area contributed by atoms with E-state index in [1.807, 2.05) is 36.4 Å². The van der Waals surface area contributed by atoms with Gasteiger partial charge in [-0.1, -0.05) is 62.4 Å². The van der Waals surface area contributed by atoms with Crippen molar-refractivity contribution in [3.05, 3.63) is 86.6 Å². The van der Waals surface area contributed by atoms with E-state index in [4.69, 9.17) is 9.47 Å². The SMILES string of the molecule is CCOC(=O)c1c(NC(=O)C(CC)OC(=O)c2c(-c3ccccc3)c3ccccc3c(=O)n2C)sc2c1CCC(C)C2. The Bertz CT molecular complexity index is 1720. The highest BCUT2D eigenvalue weighted by molar-refractivity contribution is 7.17. The maximum absolute atomic E-state index is 13.8. The second-order valence-electron chi connectivity index (χ2n) is 10.6. The van der Waals surface area contributed by atoms with Crippen LogP contribution in [0.15, 0.2) is 59.4 Å². The third kappa shape index (κ3) is 5.48. The maximum atomic E-state index is 13.8. The quantitative estimate of drug-likeness (QED) is 0.249. The number of aromatic nitrogens is 1. The molecule has 0 bridgehead atoms. The second-order valence-corrected chi connectivity index (χ2v) is 11.7. The van der Waals surface area contributed by atoms with Gasteiger partial charge in [0.25, 0.3) is 11.5 Å². The molecule has 0 spiro atoms. The van der Waals surface area contributed by atoms with Crippen LogP contribution in [0.4, 0.5) is 5.00 Å². The lowest BCUT2D eigenvalue weighted by molar-refractivity contribution is -0.124. The van der Waals surface area contributed by atoms with Gasteiger partial charge in [0, 0.05) is 22.9 Å². The van der Waals surface area contributed by atoms with Crippen molar-refractivity contribution < 1.29 is 23.9 Å². The molecule has 2 aromatic carbocycles. The highest BCUT2D eigenvalue weighted by atomic mass is 32.1. The van der Waals surface area contributed by atoms with E-state index in [0.717, 1.165) is 35.3 Å². The molecule has 1 aliphatic carbocycles. The average molecular weight is 587 g/mol. The summed E-state index contributed by atoms with van der Waals surface area (Å²) in [5.74, 6) is -1.32. The molecule has 0 aliphatic heterocycles. The van der Waals surface area contributed by atoms with Gasteiger partial charge in [0.2, 0.25) is 0 Å². The number of benzene rings is 2. The fourth-order valence-electron chi connectivity index (χ4n) is 5.56. The van der Waals surface area contributed by atoms with Gasteiger partial charge in [-0.15, -0.1) is 11.3 Å². The molecule has 42 heavy (non-hydrogen) atoms. The highest BCUT2D eigenvalue weighted by Crippen LogP contribution is 2.40. The van der Waals surface area contributed by atoms with Crippen LogP contribution in [0.1, 0.15) is 64.9 Å². The molecule has 1 amide bonds. The first-order valence-electron chi connectivity index (χ1n) is 14.3. The summed E-state index contributed by atoms with van der Waals surface area (Å²) in [6.45, 7) is 5.87. The molecule has 1 aliphatic rings. The zero-order valence-electron chi connectivity index (χ0n) is 24.2. The van der Waals surface area contributed by atoms with Crippen LogP contribution < -0.4 is 10.9 Å². The normalized spacial score (nSPS) is 15.1. The number of hydrogen-bond acceptors (Lipinski definition) is 7. The van der Waals surface area contributed by atoms with Crippen LogP contribution in [0.5, 0.6) is 0 Å². The molecule has 2 heterocycles. The molecule has 2 unspecified atom stereocenters. The molecule has 2 atom stereocenters. The van der Waals surface area contributed by atoms with Gasteiger partial charge in [0.05, 0.1) is 12.2 Å². The molecule has 0 saturated carbocycles. The topological polar surface area (TPSA) is 104 Å². The number of rotatable bonds is 8. The van der Waals surface area contributed by atoms with Gasteiger partial charge in [-0.2, -0.15) is 0 Å². The fourth-order valence-corrected chi connectivity index (χ4v) is 6.96.